The summed E-state index contributed by atoms with van der Waals surface area (Å²) in [5.41, 5.74) is 1.83. The second kappa shape index (κ2) is 6.52. The summed E-state index contributed by atoms with van der Waals surface area (Å²) in [6.45, 7) is 3.87. The second-order valence-corrected chi connectivity index (χ2v) is 5.15. The summed E-state index contributed by atoms with van der Waals surface area (Å²) in [6, 6.07) is 7.68. The van der Waals surface area contributed by atoms with Crippen molar-refractivity contribution in [3.63, 3.8) is 0 Å². The van der Waals surface area contributed by atoms with Crippen LogP contribution < -0.4 is 5.32 Å². The van der Waals surface area contributed by atoms with E-state index in [-0.39, 0.29) is 11.8 Å². The van der Waals surface area contributed by atoms with E-state index < -0.39 is 6.09 Å². The molecule has 2 rings (SSSR count). The molecular weight excluding hydrogens is 256 g/mol. The first-order chi connectivity index (χ1) is 9.58. The molecule has 0 aliphatic carbocycles. The van der Waals surface area contributed by atoms with Crippen molar-refractivity contribution in [2.24, 2.45) is 0 Å². The molecule has 1 fully saturated rings. The lowest BCUT2D eigenvalue weighted by Crippen LogP contribution is -2.37. The lowest BCUT2D eigenvalue weighted by Gasteiger charge is -2.15. The van der Waals surface area contributed by atoms with Crippen LogP contribution in [0.3, 0.4) is 0 Å². The molecule has 1 N–H and O–H groups in total. The van der Waals surface area contributed by atoms with Crippen molar-refractivity contribution in [3.05, 3.63) is 35.4 Å². The predicted octanol–water partition coefficient (Wildman–Crippen LogP) is 1.61. The summed E-state index contributed by atoms with van der Waals surface area (Å²) in [7, 11) is 1.35. The number of benzene rings is 1. The Bertz CT molecular complexity index is 502. The number of alkyl carbamates (subject to hydrolysis) is 1. The van der Waals surface area contributed by atoms with Gasteiger partial charge in [-0.2, -0.15) is 0 Å². The van der Waals surface area contributed by atoms with E-state index >= 15 is 0 Å². The number of carbonyl (C=O) groups excluding carboxylic acids is 2. The molecule has 1 aromatic rings. The molecule has 0 aromatic heterocycles. The van der Waals surface area contributed by atoms with Gasteiger partial charge in [0.05, 0.1) is 13.7 Å². The first kappa shape index (κ1) is 14.5. The number of aryl methyl sites for hydroxylation is 1. The molecule has 5 nitrogen and oxygen atoms in total. The Kier molecular flexibility index (Phi) is 4.74. The molecule has 1 atom stereocenters. The summed E-state index contributed by atoms with van der Waals surface area (Å²) in [5.74, 6) is 0.118. The first-order valence-corrected chi connectivity index (χ1v) is 6.75. The molecule has 20 heavy (non-hydrogen) atoms. The average Bonchev–Trinajstić information content (AvgIpc) is 2.85. The van der Waals surface area contributed by atoms with E-state index in [1.807, 2.05) is 31.2 Å². The maximum absolute atomic E-state index is 12.2. The molecule has 1 heterocycles. The summed E-state index contributed by atoms with van der Waals surface area (Å²) >= 11 is 0. The van der Waals surface area contributed by atoms with Gasteiger partial charge in [0.25, 0.3) is 0 Å². The van der Waals surface area contributed by atoms with Gasteiger partial charge < -0.3 is 10.1 Å². The van der Waals surface area contributed by atoms with E-state index in [4.69, 9.17) is 0 Å². The van der Waals surface area contributed by atoms with E-state index in [0.29, 0.717) is 13.1 Å². The lowest BCUT2D eigenvalue weighted by molar-refractivity contribution is 0.0944. The molecule has 1 saturated heterocycles. The van der Waals surface area contributed by atoms with Gasteiger partial charge in [-0.3, -0.25) is 9.69 Å². The highest BCUT2D eigenvalue weighted by molar-refractivity contribution is 5.97. The maximum atomic E-state index is 12.2. The Labute approximate surface area is 118 Å². The fourth-order valence-electron chi connectivity index (χ4n) is 2.43. The fraction of sp³-hybridized carbons (Fsp3) is 0.467. The summed E-state index contributed by atoms with van der Waals surface area (Å²) in [5, 5.41) is 2.77. The number of nitrogens with one attached hydrogen (secondary N) is 1. The van der Waals surface area contributed by atoms with Crippen molar-refractivity contribution in [1.29, 1.82) is 0 Å². The Balaban J connectivity index is 1.86. The van der Waals surface area contributed by atoms with E-state index in [0.717, 1.165) is 24.1 Å². The number of carbonyl (C=O) groups is 2. The van der Waals surface area contributed by atoms with Gasteiger partial charge in [0.15, 0.2) is 5.78 Å². The van der Waals surface area contributed by atoms with Crippen LogP contribution in [0.4, 0.5) is 4.79 Å². The Morgan fingerprint density at radius 3 is 2.95 bits per heavy atom. The standard InChI is InChI=1S/C15H20N2O3/c1-11-4-3-5-12(8-11)14(18)10-17-7-6-13(9-17)16-15(19)20-2/h3-5,8,13H,6-7,9-10H2,1-2H3,(H,16,19). The number of ether oxygens (including phenoxy) is 1. The summed E-state index contributed by atoms with van der Waals surface area (Å²) < 4.78 is 4.58. The summed E-state index contributed by atoms with van der Waals surface area (Å²) in [4.78, 5) is 25.4. The van der Waals surface area contributed by atoms with Crippen LogP contribution in [-0.2, 0) is 4.74 Å². The quantitative estimate of drug-likeness (QED) is 0.849. The van der Waals surface area contributed by atoms with Gasteiger partial charge in [0.1, 0.15) is 0 Å². The van der Waals surface area contributed by atoms with Crippen molar-refractivity contribution >= 4 is 11.9 Å². The van der Waals surface area contributed by atoms with Gasteiger partial charge >= 0.3 is 6.09 Å². The molecule has 1 unspecified atom stereocenters. The molecule has 0 saturated carbocycles. The van der Waals surface area contributed by atoms with Gasteiger partial charge in [0, 0.05) is 24.7 Å². The van der Waals surface area contributed by atoms with Gasteiger partial charge in [-0.15, -0.1) is 0 Å². The number of likely N-dealkylation sites (tertiary alicyclic amines) is 1. The van der Waals surface area contributed by atoms with Gasteiger partial charge in [-0.05, 0) is 19.4 Å². The molecule has 1 aliphatic rings. The van der Waals surface area contributed by atoms with Crippen molar-refractivity contribution < 1.29 is 14.3 Å². The number of methoxy groups -OCH3 is 1. The summed E-state index contributed by atoms with van der Waals surface area (Å²) in [6.07, 6.45) is 0.429. The number of ketones is 1. The predicted molar refractivity (Wildman–Crippen MR) is 75.9 cm³/mol. The lowest BCUT2D eigenvalue weighted by atomic mass is 10.1. The largest absolute Gasteiger partial charge is 0.453 e. The third-order valence-corrected chi connectivity index (χ3v) is 3.49. The van der Waals surface area contributed by atoms with E-state index in [2.05, 4.69) is 15.0 Å². The number of hydrogen-bond acceptors (Lipinski definition) is 4. The zero-order valence-corrected chi connectivity index (χ0v) is 11.9. The Morgan fingerprint density at radius 1 is 1.45 bits per heavy atom. The van der Waals surface area contributed by atoms with Gasteiger partial charge in [-0.1, -0.05) is 23.8 Å². The van der Waals surface area contributed by atoms with Crippen LogP contribution in [0, 0.1) is 6.92 Å². The zero-order chi connectivity index (χ0) is 14.5. The van der Waals surface area contributed by atoms with Crippen LogP contribution in [-0.4, -0.2) is 49.6 Å². The number of hydrogen-bond donors (Lipinski definition) is 1. The van der Waals surface area contributed by atoms with Crippen molar-refractivity contribution in [2.75, 3.05) is 26.7 Å². The Hall–Kier alpha value is -1.88. The highest BCUT2D eigenvalue weighted by atomic mass is 16.5. The number of Topliss-reactive ketones (excluding diaryl/α,β-unsaturated/α-hetero) is 1. The normalized spacial score (nSPS) is 18.8. The molecule has 0 radical (unpaired) electrons. The maximum Gasteiger partial charge on any atom is 0.407 e. The number of amides is 1. The van der Waals surface area contributed by atoms with E-state index in [9.17, 15) is 9.59 Å². The van der Waals surface area contributed by atoms with Crippen LogP contribution in [0.5, 0.6) is 0 Å². The topological polar surface area (TPSA) is 58.6 Å². The first-order valence-electron chi connectivity index (χ1n) is 6.75. The van der Waals surface area contributed by atoms with Crippen LogP contribution in [0.25, 0.3) is 0 Å². The molecule has 5 heteroatoms. The molecular formula is C15H20N2O3. The third kappa shape index (κ3) is 3.81. The SMILES string of the molecule is COC(=O)NC1CCN(CC(=O)c2cccc(C)c2)C1. The second-order valence-electron chi connectivity index (χ2n) is 5.15. The smallest absolute Gasteiger partial charge is 0.407 e. The number of rotatable bonds is 4. The highest BCUT2D eigenvalue weighted by Gasteiger charge is 2.25. The van der Waals surface area contributed by atoms with Crippen LogP contribution >= 0.6 is 0 Å². The van der Waals surface area contributed by atoms with E-state index in [1.165, 1.54) is 7.11 Å². The van der Waals surface area contributed by atoms with Crippen molar-refractivity contribution in [3.8, 4) is 0 Å². The molecule has 0 bridgehead atoms. The van der Waals surface area contributed by atoms with Gasteiger partial charge in [-0.25, -0.2) is 4.79 Å². The molecule has 108 valence electrons. The molecule has 0 spiro atoms. The van der Waals surface area contributed by atoms with Crippen molar-refractivity contribution in [1.82, 2.24) is 10.2 Å². The van der Waals surface area contributed by atoms with Crippen LogP contribution in [0.1, 0.15) is 22.3 Å². The molecule has 1 aromatic carbocycles. The minimum absolute atomic E-state index is 0.0627. The average molecular weight is 276 g/mol. The van der Waals surface area contributed by atoms with Crippen LogP contribution in [0.2, 0.25) is 0 Å². The molecule has 1 aliphatic heterocycles. The zero-order valence-electron chi connectivity index (χ0n) is 11.9. The Morgan fingerprint density at radius 2 is 2.25 bits per heavy atom. The van der Waals surface area contributed by atoms with Crippen molar-refractivity contribution in [2.45, 2.75) is 19.4 Å². The van der Waals surface area contributed by atoms with Crippen LogP contribution in [0.15, 0.2) is 24.3 Å². The highest BCUT2D eigenvalue weighted by Crippen LogP contribution is 2.12. The molecule has 1 amide bonds. The van der Waals surface area contributed by atoms with E-state index in [1.54, 1.807) is 0 Å². The minimum atomic E-state index is -0.415. The number of nitrogens with zero attached hydrogens (tertiary/aromatic N) is 1. The minimum Gasteiger partial charge on any atom is -0.453 e. The fourth-order valence-corrected chi connectivity index (χ4v) is 2.43. The van der Waals surface area contributed by atoms with Gasteiger partial charge in [0.2, 0.25) is 0 Å². The monoisotopic (exact) mass is 276 g/mol. The third-order valence-electron chi connectivity index (χ3n) is 3.49.